The van der Waals surface area contributed by atoms with E-state index >= 15 is 0 Å². The highest BCUT2D eigenvalue weighted by Gasteiger charge is 2.26. The Hall–Kier alpha value is -2.82. The Morgan fingerprint density at radius 1 is 1.48 bits per heavy atom. The van der Waals surface area contributed by atoms with Crippen molar-refractivity contribution in [3.63, 3.8) is 0 Å². The number of esters is 1. The second-order valence-electron chi connectivity index (χ2n) is 3.89. The molecule has 0 heterocycles. The van der Waals surface area contributed by atoms with Gasteiger partial charge in [-0.1, -0.05) is 0 Å². The highest BCUT2D eigenvalue weighted by Crippen LogP contribution is 2.35. The van der Waals surface area contributed by atoms with Crippen molar-refractivity contribution in [2.24, 2.45) is 0 Å². The minimum atomic E-state index is -1.02. The van der Waals surface area contributed by atoms with Crippen LogP contribution < -0.4 is 9.47 Å². The lowest BCUT2D eigenvalue weighted by atomic mass is 10.1. The Morgan fingerprint density at radius 2 is 2.14 bits per heavy atom. The molecule has 0 bridgehead atoms. The van der Waals surface area contributed by atoms with Crippen LogP contribution in [-0.2, 0) is 4.74 Å². The summed E-state index contributed by atoms with van der Waals surface area (Å²) in [6.45, 7) is 3.35. The van der Waals surface area contributed by atoms with Crippen molar-refractivity contribution in [3.05, 3.63) is 27.8 Å². The van der Waals surface area contributed by atoms with Gasteiger partial charge in [0.05, 0.1) is 24.7 Å². The van der Waals surface area contributed by atoms with E-state index in [9.17, 15) is 14.9 Å². The highest BCUT2D eigenvalue weighted by atomic mass is 16.6. The Morgan fingerprint density at radius 3 is 2.62 bits per heavy atom. The lowest BCUT2D eigenvalue weighted by Crippen LogP contribution is -2.15. The first-order valence-corrected chi connectivity index (χ1v) is 6.04. The molecule has 8 nitrogen and oxygen atoms in total. The molecule has 0 saturated heterocycles. The van der Waals surface area contributed by atoms with Gasteiger partial charge in [0.1, 0.15) is 11.6 Å². The first kappa shape index (κ1) is 16.2. The van der Waals surface area contributed by atoms with Gasteiger partial charge in [0.2, 0.25) is 0 Å². The molecular formula is C13H14N2O6. The molecule has 0 saturated carbocycles. The molecule has 0 N–H and O–H groups in total. The fourth-order valence-electron chi connectivity index (χ4n) is 1.54. The van der Waals surface area contributed by atoms with Gasteiger partial charge in [0.15, 0.2) is 17.6 Å². The second-order valence-corrected chi connectivity index (χ2v) is 3.89. The average Bonchev–Trinajstić information content (AvgIpc) is 2.46. The van der Waals surface area contributed by atoms with Gasteiger partial charge in [-0.2, -0.15) is 5.26 Å². The summed E-state index contributed by atoms with van der Waals surface area (Å²) >= 11 is 0. The fourth-order valence-corrected chi connectivity index (χ4v) is 1.54. The van der Waals surface area contributed by atoms with Gasteiger partial charge < -0.3 is 14.2 Å². The topological polar surface area (TPSA) is 112 Å². The van der Waals surface area contributed by atoms with E-state index in [1.54, 1.807) is 13.0 Å². The molecule has 1 rings (SSSR count). The average molecular weight is 294 g/mol. The highest BCUT2D eigenvalue weighted by molar-refractivity contribution is 5.95. The van der Waals surface area contributed by atoms with E-state index < -0.39 is 22.7 Å². The molecule has 8 heteroatoms. The number of benzene rings is 1. The van der Waals surface area contributed by atoms with Crippen LogP contribution in [0.2, 0.25) is 0 Å². The van der Waals surface area contributed by atoms with Crippen molar-refractivity contribution in [3.8, 4) is 17.6 Å². The molecule has 0 aliphatic rings. The maximum atomic E-state index is 11.9. The van der Waals surface area contributed by atoms with Crippen molar-refractivity contribution in [2.75, 3.05) is 13.7 Å². The van der Waals surface area contributed by atoms with Crippen LogP contribution in [0.15, 0.2) is 12.1 Å². The van der Waals surface area contributed by atoms with Crippen molar-refractivity contribution in [1.29, 1.82) is 5.26 Å². The lowest BCUT2D eigenvalue weighted by molar-refractivity contribution is -0.385. The summed E-state index contributed by atoms with van der Waals surface area (Å²) in [5.41, 5.74) is -0.781. The summed E-state index contributed by atoms with van der Waals surface area (Å²) in [5, 5.41) is 19.7. The van der Waals surface area contributed by atoms with E-state index in [4.69, 9.17) is 19.5 Å². The largest absolute Gasteiger partial charge is 0.493 e. The maximum absolute atomic E-state index is 11.9. The van der Waals surface area contributed by atoms with Crippen molar-refractivity contribution < 1.29 is 23.9 Å². The van der Waals surface area contributed by atoms with Gasteiger partial charge in [-0.3, -0.25) is 10.1 Å². The number of nitriles is 1. The van der Waals surface area contributed by atoms with Crippen LogP contribution >= 0.6 is 0 Å². The number of nitro groups is 1. The van der Waals surface area contributed by atoms with Gasteiger partial charge in [0.25, 0.3) is 5.69 Å². The van der Waals surface area contributed by atoms with Crippen LogP contribution in [0.5, 0.6) is 11.5 Å². The van der Waals surface area contributed by atoms with E-state index in [1.165, 1.54) is 14.0 Å². The van der Waals surface area contributed by atoms with E-state index in [0.717, 1.165) is 12.1 Å². The van der Waals surface area contributed by atoms with Crippen molar-refractivity contribution >= 4 is 11.7 Å². The van der Waals surface area contributed by atoms with Crippen LogP contribution in [0.1, 0.15) is 24.2 Å². The van der Waals surface area contributed by atoms with Gasteiger partial charge in [-0.15, -0.1) is 0 Å². The fraction of sp³-hybridized carbons (Fsp3) is 0.385. The predicted molar refractivity (Wildman–Crippen MR) is 71.3 cm³/mol. The summed E-state index contributed by atoms with van der Waals surface area (Å²) in [6.07, 6.45) is -1.02. The lowest BCUT2D eigenvalue weighted by Gasteiger charge is -2.12. The third kappa shape index (κ3) is 3.82. The van der Waals surface area contributed by atoms with Crippen molar-refractivity contribution in [2.45, 2.75) is 20.0 Å². The monoisotopic (exact) mass is 294 g/mol. The zero-order valence-corrected chi connectivity index (χ0v) is 11.8. The molecule has 0 fully saturated rings. The number of carbonyl (C=O) groups excluding carboxylic acids is 1. The number of nitrogens with zero attached hydrogens (tertiary/aromatic N) is 2. The van der Waals surface area contributed by atoms with Crippen LogP contribution in [0, 0.1) is 21.4 Å². The SMILES string of the molecule is CCOc1cc([N+](=O)[O-])c(C(=O)O[C@H](C)C#N)cc1OC. The van der Waals surface area contributed by atoms with Crippen LogP contribution in [0.25, 0.3) is 0 Å². The summed E-state index contributed by atoms with van der Waals surface area (Å²) in [4.78, 5) is 22.2. The molecule has 112 valence electrons. The Kier molecular flexibility index (Phi) is 5.48. The standard InChI is InChI=1S/C13H14N2O6/c1-4-20-12-6-10(15(17)18)9(5-11(12)19-3)13(16)21-8(2)7-14/h5-6,8H,4H2,1-3H3/t8-/m1/s1. The molecule has 0 radical (unpaired) electrons. The number of nitro benzene ring substituents is 1. The zero-order valence-electron chi connectivity index (χ0n) is 11.8. The number of rotatable bonds is 6. The third-order valence-electron chi connectivity index (χ3n) is 2.46. The summed E-state index contributed by atoms with van der Waals surface area (Å²) < 4.78 is 15.0. The number of hydrogen-bond donors (Lipinski definition) is 0. The minimum absolute atomic E-state index is 0.150. The minimum Gasteiger partial charge on any atom is -0.493 e. The van der Waals surface area contributed by atoms with Gasteiger partial charge >= 0.3 is 5.97 Å². The molecule has 0 aromatic heterocycles. The second kappa shape index (κ2) is 7.09. The van der Waals surface area contributed by atoms with Crippen molar-refractivity contribution in [1.82, 2.24) is 0 Å². The Bertz CT molecular complexity index is 593. The number of ether oxygens (including phenoxy) is 3. The molecule has 1 atom stereocenters. The van der Waals surface area contributed by atoms with Crippen LogP contribution in [-0.4, -0.2) is 30.7 Å². The smallest absolute Gasteiger partial charge is 0.346 e. The summed E-state index contributed by atoms with van der Waals surface area (Å²) in [7, 11) is 1.34. The number of hydrogen-bond acceptors (Lipinski definition) is 7. The van der Waals surface area contributed by atoms with Crippen LogP contribution in [0.4, 0.5) is 5.69 Å². The van der Waals surface area contributed by atoms with Crippen LogP contribution in [0.3, 0.4) is 0 Å². The molecule has 1 aromatic carbocycles. The van der Waals surface area contributed by atoms with E-state index in [1.807, 2.05) is 0 Å². The van der Waals surface area contributed by atoms with Gasteiger partial charge in [-0.05, 0) is 13.8 Å². The third-order valence-corrected chi connectivity index (χ3v) is 2.46. The summed E-state index contributed by atoms with van der Waals surface area (Å²) in [5.74, 6) is -0.660. The number of carbonyl (C=O) groups is 1. The summed E-state index contributed by atoms with van der Waals surface area (Å²) in [6, 6.07) is 3.96. The molecular weight excluding hydrogens is 280 g/mol. The van der Waals surface area contributed by atoms with Gasteiger partial charge in [-0.25, -0.2) is 4.79 Å². The zero-order chi connectivity index (χ0) is 16.0. The predicted octanol–water partition coefficient (Wildman–Crippen LogP) is 2.07. The maximum Gasteiger partial charge on any atom is 0.346 e. The molecule has 0 spiro atoms. The molecule has 0 amide bonds. The molecule has 21 heavy (non-hydrogen) atoms. The van der Waals surface area contributed by atoms with E-state index in [0.29, 0.717) is 0 Å². The van der Waals surface area contributed by atoms with E-state index in [-0.39, 0.29) is 23.7 Å². The molecule has 0 unspecified atom stereocenters. The first-order valence-electron chi connectivity index (χ1n) is 6.04. The molecule has 0 aliphatic carbocycles. The van der Waals surface area contributed by atoms with E-state index in [2.05, 4.69) is 0 Å². The molecule has 1 aromatic rings. The normalized spacial score (nSPS) is 11.1. The quantitative estimate of drug-likeness (QED) is 0.448. The van der Waals surface area contributed by atoms with Gasteiger partial charge in [0, 0.05) is 6.07 Å². The Balaban J connectivity index is 3.32. The Labute approximate surface area is 121 Å². The number of methoxy groups -OCH3 is 1. The first-order chi connectivity index (χ1) is 9.94. The molecule has 0 aliphatic heterocycles.